The molecule has 0 spiro atoms. The second-order valence-electron chi connectivity index (χ2n) is 5.65. The van der Waals surface area contributed by atoms with Crippen molar-refractivity contribution in [2.24, 2.45) is 0 Å². The van der Waals surface area contributed by atoms with Crippen LogP contribution in [0, 0.1) is 19.7 Å². The van der Waals surface area contributed by atoms with Gasteiger partial charge in [0.25, 0.3) is 0 Å². The fraction of sp³-hybridized carbons (Fsp3) is 0.158. The minimum absolute atomic E-state index is 0.230. The normalized spacial score (nSPS) is 10.5. The second-order valence-corrected chi connectivity index (χ2v) is 5.65. The fourth-order valence-electron chi connectivity index (χ4n) is 2.39. The average molecular weight is 339 g/mol. The van der Waals surface area contributed by atoms with Gasteiger partial charge >= 0.3 is 6.03 Å². The Hall–Kier alpha value is -3.15. The number of hydrogen-bond donors (Lipinski definition) is 2. The molecule has 128 valence electrons. The van der Waals surface area contributed by atoms with Crippen LogP contribution < -0.4 is 10.6 Å². The highest BCUT2D eigenvalue weighted by atomic mass is 19.1. The van der Waals surface area contributed by atoms with E-state index in [9.17, 15) is 9.18 Å². The summed E-state index contributed by atoms with van der Waals surface area (Å²) in [5.74, 6) is 0.833. The van der Waals surface area contributed by atoms with Crippen molar-refractivity contribution in [1.29, 1.82) is 0 Å². The number of nitrogens with one attached hydrogen (secondary N) is 2. The Morgan fingerprint density at radius 3 is 2.56 bits per heavy atom. The van der Waals surface area contributed by atoms with Crippen LogP contribution in [-0.4, -0.2) is 11.0 Å². The predicted molar refractivity (Wildman–Crippen MR) is 93.7 cm³/mol. The lowest BCUT2D eigenvalue weighted by atomic mass is 10.1. The molecule has 0 fully saturated rings. The summed E-state index contributed by atoms with van der Waals surface area (Å²) in [7, 11) is 0. The van der Waals surface area contributed by atoms with Crippen LogP contribution in [0.1, 0.15) is 17.0 Å². The number of aromatic nitrogens is 1. The lowest BCUT2D eigenvalue weighted by molar-refractivity contribution is 0.251. The smallest absolute Gasteiger partial charge is 0.319 e. The minimum atomic E-state index is -0.397. The van der Waals surface area contributed by atoms with Crippen molar-refractivity contribution < 1.29 is 13.6 Å². The van der Waals surface area contributed by atoms with Crippen molar-refractivity contribution in [3.05, 3.63) is 71.4 Å². The van der Waals surface area contributed by atoms with Crippen molar-refractivity contribution in [2.45, 2.75) is 20.4 Å². The van der Waals surface area contributed by atoms with Gasteiger partial charge in [-0.05, 0) is 49.7 Å². The lowest BCUT2D eigenvalue weighted by Crippen LogP contribution is -2.28. The molecule has 0 aliphatic rings. The number of amides is 2. The molecule has 2 amide bonds. The number of halogens is 1. The minimum Gasteiger partial charge on any atom is -0.441 e. The summed E-state index contributed by atoms with van der Waals surface area (Å²) >= 11 is 0. The van der Waals surface area contributed by atoms with E-state index in [0.29, 0.717) is 23.0 Å². The highest BCUT2D eigenvalue weighted by Crippen LogP contribution is 2.24. The number of oxazole rings is 1. The number of carbonyl (C=O) groups is 1. The maximum Gasteiger partial charge on any atom is 0.319 e. The first-order valence-electron chi connectivity index (χ1n) is 7.85. The molecule has 0 unspecified atom stereocenters. The van der Waals surface area contributed by atoms with E-state index in [-0.39, 0.29) is 12.4 Å². The van der Waals surface area contributed by atoms with Crippen molar-refractivity contribution in [3.8, 4) is 11.5 Å². The van der Waals surface area contributed by atoms with Crippen molar-refractivity contribution in [3.63, 3.8) is 0 Å². The Labute approximate surface area is 144 Å². The molecule has 2 aromatic carbocycles. The maximum absolute atomic E-state index is 12.9. The summed E-state index contributed by atoms with van der Waals surface area (Å²) in [4.78, 5) is 16.4. The molecular formula is C19H18FN3O2. The topological polar surface area (TPSA) is 67.2 Å². The Morgan fingerprint density at radius 1 is 1.12 bits per heavy atom. The Kier molecular flexibility index (Phi) is 4.79. The molecule has 0 saturated heterocycles. The highest BCUT2D eigenvalue weighted by molar-refractivity contribution is 5.89. The third kappa shape index (κ3) is 4.03. The van der Waals surface area contributed by atoms with Gasteiger partial charge in [0.05, 0.1) is 6.54 Å². The maximum atomic E-state index is 12.9. The zero-order valence-corrected chi connectivity index (χ0v) is 14.0. The summed E-state index contributed by atoms with van der Waals surface area (Å²) in [5.41, 5.74) is 3.16. The van der Waals surface area contributed by atoms with Gasteiger partial charge in [-0.2, -0.15) is 0 Å². The number of nitrogens with zero attached hydrogens (tertiary/aromatic N) is 1. The fourth-order valence-corrected chi connectivity index (χ4v) is 2.39. The SMILES string of the molecule is Cc1ccccc1-c1nc(CNC(=O)Nc2ccc(F)cc2)c(C)o1. The zero-order valence-electron chi connectivity index (χ0n) is 14.0. The molecule has 0 radical (unpaired) electrons. The van der Waals surface area contributed by atoms with Crippen LogP contribution in [-0.2, 0) is 6.54 Å². The standard InChI is InChI=1S/C19H18FN3O2/c1-12-5-3-4-6-16(12)18-23-17(13(2)25-18)11-21-19(24)22-15-9-7-14(20)8-10-15/h3-10H,11H2,1-2H3,(H2,21,22,24). The molecule has 0 bridgehead atoms. The Bertz CT molecular complexity index is 888. The molecule has 3 aromatic rings. The average Bonchev–Trinajstić information content (AvgIpc) is 2.96. The molecule has 2 N–H and O–H groups in total. The number of anilines is 1. The molecule has 1 heterocycles. The van der Waals surface area contributed by atoms with Gasteiger partial charge in [0.1, 0.15) is 17.3 Å². The van der Waals surface area contributed by atoms with Crippen LogP contribution >= 0.6 is 0 Å². The number of carbonyl (C=O) groups excluding carboxylic acids is 1. The second kappa shape index (κ2) is 7.17. The van der Waals surface area contributed by atoms with Gasteiger partial charge in [-0.15, -0.1) is 0 Å². The first-order valence-corrected chi connectivity index (χ1v) is 7.85. The van der Waals surface area contributed by atoms with Crippen LogP contribution in [0.5, 0.6) is 0 Å². The molecule has 0 saturated carbocycles. The molecule has 1 aromatic heterocycles. The summed E-state index contributed by atoms with van der Waals surface area (Å²) in [5, 5.41) is 5.35. The van der Waals surface area contributed by atoms with Crippen molar-refractivity contribution >= 4 is 11.7 Å². The van der Waals surface area contributed by atoms with E-state index in [4.69, 9.17) is 4.42 Å². The van der Waals surface area contributed by atoms with E-state index in [1.165, 1.54) is 24.3 Å². The number of benzene rings is 2. The van der Waals surface area contributed by atoms with Gasteiger partial charge in [-0.3, -0.25) is 0 Å². The number of rotatable bonds is 4. The van der Waals surface area contributed by atoms with E-state index in [1.54, 1.807) is 0 Å². The summed E-state index contributed by atoms with van der Waals surface area (Å²) in [6.07, 6.45) is 0. The van der Waals surface area contributed by atoms with Gasteiger partial charge in [-0.1, -0.05) is 18.2 Å². The molecule has 3 rings (SSSR count). The zero-order chi connectivity index (χ0) is 17.8. The van der Waals surface area contributed by atoms with Crippen LogP contribution in [0.25, 0.3) is 11.5 Å². The summed E-state index contributed by atoms with van der Waals surface area (Å²) in [6.45, 7) is 4.03. The molecule has 6 heteroatoms. The highest BCUT2D eigenvalue weighted by Gasteiger charge is 2.13. The Morgan fingerprint density at radius 2 is 1.84 bits per heavy atom. The Balaban J connectivity index is 1.64. The number of urea groups is 1. The van der Waals surface area contributed by atoms with Gasteiger partial charge in [0.2, 0.25) is 5.89 Å². The third-order valence-corrected chi connectivity index (χ3v) is 3.79. The first-order chi connectivity index (χ1) is 12.0. The first kappa shape index (κ1) is 16.7. The van der Waals surface area contributed by atoms with E-state index >= 15 is 0 Å². The quantitative estimate of drug-likeness (QED) is 0.739. The monoisotopic (exact) mass is 339 g/mol. The molecule has 5 nitrogen and oxygen atoms in total. The van der Waals surface area contributed by atoms with Gasteiger partial charge < -0.3 is 15.1 Å². The largest absolute Gasteiger partial charge is 0.441 e. The van der Waals surface area contributed by atoms with Crippen molar-refractivity contribution in [1.82, 2.24) is 10.3 Å². The molecular weight excluding hydrogens is 321 g/mol. The third-order valence-electron chi connectivity index (χ3n) is 3.79. The predicted octanol–water partition coefficient (Wildman–Crippen LogP) is 4.42. The van der Waals surface area contributed by atoms with E-state index in [0.717, 1.165) is 11.1 Å². The van der Waals surface area contributed by atoms with E-state index in [1.807, 2.05) is 38.1 Å². The molecule has 25 heavy (non-hydrogen) atoms. The van der Waals surface area contributed by atoms with Crippen LogP contribution in [0.2, 0.25) is 0 Å². The van der Waals surface area contributed by atoms with Crippen LogP contribution in [0.3, 0.4) is 0 Å². The lowest BCUT2D eigenvalue weighted by Gasteiger charge is -2.06. The number of aryl methyl sites for hydroxylation is 2. The molecule has 0 atom stereocenters. The van der Waals surface area contributed by atoms with Crippen molar-refractivity contribution in [2.75, 3.05) is 5.32 Å². The van der Waals surface area contributed by atoms with Crippen LogP contribution in [0.15, 0.2) is 52.9 Å². The van der Waals surface area contributed by atoms with E-state index < -0.39 is 6.03 Å². The molecule has 0 aliphatic carbocycles. The molecule has 0 aliphatic heterocycles. The number of hydrogen-bond acceptors (Lipinski definition) is 3. The summed E-state index contributed by atoms with van der Waals surface area (Å²) in [6, 6.07) is 13.0. The van der Waals surface area contributed by atoms with Gasteiger partial charge in [0, 0.05) is 11.3 Å². The van der Waals surface area contributed by atoms with Gasteiger partial charge in [0.15, 0.2) is 0 Å². The van der Waals surface area contributed by atoms with Crippen LogP contribution in [0.4, 0.5) is 14.9 Å². The van der Waals surface area contributed by atoms with E-state index in [2.05, 4.69) is 15.6 Å². The summed E-state index contributed by atoms with van der Waals surface area (Å²) < 4.78 is 18.6. The van der Waals surface area contributed by atoms with Gasteiger partial charge in [-0.25, -0.2) is 14.2 Å².